The molecule has 2 rings (SSSR count). The van der Waals surface area contributed by atoms with Crippen molar-refractivity contribution in [1.82, 2.24) is 4.90 Å². The highest BCUT2D eigenvalue weighted by molar-refractivity contribution is 14.1. The van der Waals surface area contributed by atoms with Gasteiger partial charge < -0.3 is 9.64 Å². The van der Waals surface area contributed by atoms with E-state index in [9.17, 15) is 0 Å². The maximum Gasteiger partial charge on any atom is 0.0696 e. The van der Waals surface area contributed by atoms with Crippen LogP contribution in [0.2, 0.25) is 0 Å². The van der Waals surface area contributed by atoms with Gasteiger partial charge in [-0.05, 0) is 32.7 Å². The average Bonchev–Trinajstić information content (AvgIpc) is 2.15. The largest absolute Gasteiger partial charge is 0.374 e. The van der Waals surface area contributed by atoms with Crippen LogP contribution >= 0.6 is 22.6 Å². The Morgan fingerprint density at radius 2 is 1.85 bits per heavy atom. The highest BCUT2D eigenvalue weighted by atomic mass is 127. The Balaban J connectivity index is 1.70. The van der Waals surface area contributed by atoms with E-state index < -0.39 is 0 Å². The summed E-state index contributed by atoms with van der Waals surface area (Å²) < 4.78 is 6.84. The molecule has 1 aliphatic heterocycles. The van der Waals surface area contributed by atoms with E-state index in [1.807, 2.05) is 0 Å². The van der Waals surface area contributed by atoms with Gasteiger partial charge in [-0.1, -0.05) is 22.6 Å². The molecule has 0 aromatic rings. The topological polar surface area (TPSA) is 12.5 Å². The molecule has 1 unspecified atom stereocenters. The van der Waals surface area contributed by atoms with Crippen molar-refractivity contribution < 1.29 is 4.74 Å². The number of piperidine rings is 1. The van der Waals surface area contributed by atoms with E-state index in [2.05, 4.69) is 34.5 Å². The lowest BCUT2D eigenvalue weighted by Crippen LogP contribution is -2.41. The minimum absolute atomic E-state index is 0.554. The molecule has 13 heavy (non-hydrogen) atoms. The second-order valence-electron chi connectivity index (χ2n) is 4.27. The molecule has 2 nitrogen and oxygen atoms in total. The molecule has 1 aliphatic carbocycles. The normalized spacial score (nSPS) is 37.4. The summed E-state index contributed by atoms with van der Waals surface area (Å²) >= 11 is 2.52. The first-order valence-corrected chi connectivity index (χ1v) is 6.48. The average molecular weight is 295 g/mol. The van der Waals surface area contributed by atoms with Gasteiger partial charge in [-0.2, -0.15) is 0 Å². The fraction of sp³-hybridized carbons (Fsp3) is 1.00. The Hall–Kier alpha value is 0.650. The summed E-state index contributed by atoms with van der Waals surface area (Å²) in [4.78, 5) is 2.39. The summed E-state index contributed by atoms with van der Waals surface area (Å²) in [6, 6.07) is 0. The quantitative estimate of drug-likeness (QED) is 0.571. The van der Waals surface area contributed by atoms with E-state index in [-0.39, 0.29) is 0 Å². The molecule has 3 heteroatoms. The minimum atomic E-state index is 0.554. The highest BCUT2D eigenvalue weighted by Gasteiger charge is 2.32. The second kappa shape index (κ2) is 4.45. The smallest absolute Gasteiger partial charge is 0.0696 e. The Morgan fingerprint density at radius 3 is 2.31 bits per heavy atom. The van der Waals surface area contributed by atoms with Gasteiger partial charge in [0.15, 0.2) is 0 Å². The van der Waals surface area contributed by atoms with E-state index in [4.69, 9.17) is 4.74 Å². The number of nitrogens with zero attached hydrogens (tertiary/aromatic N) is 1. The van der Waals surface area contributed by atoms with E-state index in [1.54, 1.807) is 0 Å². The summed E-state index contributed by atoms with van der Waals surface area (Å²) in [5, 5.41) is 0. The first kappa shape index (κ1) is 10.2. The van der Waals surface area contributed by atoms with Crippen molar-refractivity contribution in [2.45, 2.75) is 41.8 Å². The monoisotopic (exact) mass is 295 g/mol. The van der Waals surface area contributed by atoms with Gasteiger partial charge in [0.2, 0.25) is 0 Å². The maximum absolute atomic E-state index is 6.05. The molecule has 0 aromatic carbocycles. The number of hydrogen-bond donors (Lipinski definition) is 0. The highest BCUT2D eigenvalue weighted by Crippen LogP contribution is 2.32. The van der Waals surface area contributed by atoms with E-state index in [0.717, 1.165) is 3.92 Å². The van der Waals surface area contributed by atoms with Crippen molar-refractivity contribution in [1.29, 1.82) is 0 Å². The van der Waals surface area contributed by atoms with Crippen LogP contribution in [0.1, 0.15) is 25.7 Å². The molecule has 0 radical (unpaired) electrons. The number of hydrogen-bond acceptors (Lipinski definition) is 2. The van der Waals surface area contributed by atoms with Gasteiger partial charge in [0.05, 0.1) is 12.2 Å². The van der Waals surface area contributed by atoms with Crippen LogP contribution in [0.4, 0.5) is 0 Å². The SMILES string of the molecule is CN1CCC(O[C@@H]2CCC2I)CC1. The van der Waals surface area contributed by atoms with Crippen LogP contribution < -0.4 is 0 Å². The zero-order valence-electron chi connectivity index (χ0n) is 8.21. The molecule has 2 fully saturated rings. The van der Waals surface area contributed by atoms with Gasteiger partial charge >= 0.3 is 0 Å². The first-order chi connectivity index (χ1) is 6.25. The predicted octanol–water partition coefficient (Wildman–Crippen LogP) is 2.06. The van der Waals surface area contributed by atoms with Gasteiger partial charge in [0.1, 0.15) is 0 Å². The Labute approximate surface area is 94.1 Å². The summed E-state index contributed by atoms with van der Waals surface area (Å²) in [5.41, 5.74) is 0. The molecule has 2 aliphatic rings. The number of ether oxygens (including phenoxy) is 1. The number of likely N-dealkylation sites (tertiary alicyclic amines) is 1. The molecular weight excluding hydrogens is 277 g/mol. The third-order valence-corrected chi connectivity index (χ3v) is 4.59. The van der Waals surface area contributed by atoms with Crippen molar-refractivity contribution in [2.24, 2.45) is 0 Å². The Morgan fingerprint density at radius 1 is 1.15 bits per heavy atom. The van der Waals surface area contributed by atoms with Gasteiger partial charge in [0.25, 0.3) is 0 Å². The standard InChI is InChI=1S/C10H18INO/c1-12-6-4-8(5-7-12)13-10-3-2-9(10)11/h8-10H,2-7H2,1H3/t9?,10-/m1/s1. The molecule has 0 amide bonds. The molecular formula is C10H18INO. The van der Waals surface area contributed by atoms with Gasteiger partial charge in [-0.3, -0.25) is 0 Å². The van der Waals surface area contributed by atoms with Crippen LogP contribution in [-0.2, 0) is 4.74 Å². The van der Waals surface area contributed by atoms with E-state index in [1.165, 1.54) is 38.8 Å². The fourth-order valence-electron chi connectivity index (χ4n) is 1.95. The summed E-state index contributed by atoms with van der Waals surface area (Å²) in [6.45, 7) is 2.42. The van der Waals surface area contributed by atoms with Gasteiger partial charge in [-0.25, -0.2) is 0 Å². The van der Waals surface area contributed by atoms with Crippen LogP contribution in [0.25, 0.3) is 0 Å². The third-order valence-electron chi connectivity index (χ3n) is 3.16. The molecule has 1 heterocycles. The fourth-order valence-corrected chi connectivity index (χ4v) is 2.84. The van der Waals surface area contributed by atoms with Crippen molar-refractivity contribution in [3.63, 3.8) is 0 Å². The molecule has 0 spiro atoms. The second-order valence-corrected chi connectivity index (χ2v) is 5.87. The third kappa shape index (κ3) is 2.57. The Kier molecular flexibility index (Phi) is 3.48. The summed E-state index contributed by atoms with van der Waals surface area (Å²) in [7, 11) is 2.20. The van der Waals surface area contributed by atoms with Crippen LogP contribution in [0.15, 0.2) is 0 Å². The lowest BCUT2D eigenvalue weighted by atomic mass is 9.95. The lowest BCUT2D eigenvalue weighted by Gasteiger charge is -2.38. The molecule has 1 saturated carbocycles. The number of rotatable bonds is 2. The van der Waals surface area contributed by atoms with Crippen LogP contribution in [0.5, 0.6) is 0 Å². The number of halogens is 1. The van der Waals surface area contributed by atoms with Crippen LogP contribution in [0.3, 0.4) is 0 Å². The van der Waals surface area contributed by atoms with Crippen LogP contribution in [-0.4, -0.2) is 41.2 Å². The first-order valence-electron chi connectivity index (χ1n) is 5.24. The van der Waals surface area contributed by atoms with Crippen molar-refractivity contribution in [2.75, 3.05) is 20.1 Å². The Bertz CT molecular complexity index is 168. The molecule has 2 atom stereocenters. The molecule has 0 aromatic heterocycles. The van der Waals surface area contributed by atoms with Crippen LogP contribution in [0, 0.1) is 0 Å². The summed E-state index contributed by atoms with van der Waals surface area (Å²) in [5.74, 6) is 0. The van der Waals surface area contributed by atoms with Gasteiger partial charge in [0, 0.05) is 17.0 Å². The summed E-state index contributed by atoms with van der Waals surface area (Å²) in [6.07, 6.45) is 6.25. The van der Waals surface area contributed by atoms with Crippen molar-refractivity contribution in [3.8, 4) is 0 Å². The zero-order chi connectivity index (χ0) is 9.26. The molecule has 0 N–H and O–H groups in total. The number of alkyl halides is 1. The predicted molar refractivity (Wildman–Crippen MR) is 62.4 cm³/mol. The minimum Gasteiger partial charge on any atom is -0.374 e. The van der Waals surface area contributed by atoms with Crippen molar-refractivity contribution in [3.05, 3.63) is 0 Å². The molecule has 0 bridgehead atoms. The lowest BCUT2D eigenvalue weighted by molar-refractivity contribution is -0.0644. The van der Waals surface area contributed by atoms with E-state index in [0.29, 0.717) is 12.2 Å². The molecule has 1 saturated heterocycles. The van der Waals surface area contributed by atoms with E-state index >= 15 is 0 Å². The zero-order valence-corrected chi connectivity index (χ0v) is 10.4. The maximum atomic E-state index is 6.05. The van der Waals surface area contributed by atoms with Crippen molar-refractivity contribution >= 4 is 22.6 Å². The van der Waals surface area contributed by atoms with Gasteiger partial charge in [-0.15, -0.1) is 0 Å². The molecule has 76 valence electrons.